The first-order chi connectivity index (χ1) is 8.68. The summed E-state index contributed by atoms with van der Waals surface area (Å²) in [6.45, 7) is 4.02. The maximum Gasteiger partial charge on any atom is 0.236 e. The predicted molar refractivity (Wildman–Crippen MR) is 73.5 cm³/mol. The lowest BCUT2D eigenvalue weighted by atomic mass is 9.84. The minimum atomic E-state index is 0.246. The first kappa shape index (κ1) is 13.8. The molecule has 104 valence electrons. The van der Waals surface area contributed by atoms with E-state index in [1.807, 2.05) is 14.1 Å². The van der Waals surface area contributed by atoms with Gasteiger partial charge in [-0.05, 0) is 51.2 Å². The molecule has 1 atom stereocenters. The van der Waals surface area contributed by atoms with E-state index in [0.717, 1.165) is 25.6 Å². The maximum atomic E-state index is 11.9. The van der Waals surface area contributed by atoms with Gasteiger partial charge in [0.15, 0.2) is 0 Å². The average molecular weight is 253 g/mol. The maximum absolute atomic E-state index is 11.9. The van der Waals surface area contributed by atoms with Gasteiger partial charge in [-0.1, -0.05) is 6.42 Å². The molecule has 2 saturated heterocycles. The summed E-state index contributed by atoms with van der Waals surface area (Å²) in [5, 5.41) is 3.43. The second-order valence-corrected chi connectivity index (χ2v) is 5.91. The molecule has 2 rings (SSSR count). The summed E-state index contributed by atoms with van der Waals surface area (Å²) in [7, 11) is 3.71. The minimum absolute atomic E-state index is 0.246. The minimum Gasteiger partial charge on any atom is -0.348 e. The van der Waals surface area contributed by atoms with E-state index in [1.54, 1.807) is 4.90 Å². The number of carbonyl (C=O) groups is 1. The highest BCUT2D eigenvalue weighted by molar-refractivity contribution is 5.77. The normalized spacial score (nSPS) is 27.1. The van der Waals surface area contributed by atoms with E-state index in [2.05, 4.69) is 10.2 Å². The number of nitrogens with zero attached hydrogens (tertiary/aromatic N) is 2. The van der Waals surface area contributed by atoms with Gasteiger partial charge >= 0.3 is 0 Å². The molecule has 4 heteroatoms. The van der Waals surface area contributed by atoms with Crippen molar-refractivity contribution in [2.75, 3.05) is 40.3 Å². The van der Waals surface area contributed by atoms with E-state index < -0.39 is 0 Å². The van der Waals surface area contributed by atoms with E-state index in [9.17, 15) is 4.79 Å². The Balaban J connectivity index is 1.94. The summed E-state index contributed by atoms with van der Waals surface area (Å²) < 4.78 is 0. The van der Waals surface area contributed by atoms with Gasteiger partial charge < -0.3 is 10.2 Å². The van der Waals surface area contributed by atoms with Crippen molar-refractivity contribution in [1.29, 1.82) is 0 Å². The third-order valence-electron chi connectivity index (χ3n) is 4.43. The Morgan fingerprint density at radius 3 is 2.61 bits per heavy atom. The Morgan fingerprint density at radius 1 is 1.22 bits per heavy atom. The highest BCUT2D eigenvalue weighted by Gasteiger charge is 2.31. The highest BCUT2D eigenvalue weighted by Crippen LogP contribution is 2.28. The Morgan fingerprint density at radius 2 is 1.94 bits per heavy atom. The Labute approximate surface area is 111 Å². The Bertz CT molecular complexity index is 274. The number of amides is 1. The zero-order valence-electron chi connectivity index (χ0n) is 11.8. The molecule has 0 saturated carbocycles. The van der Waals surface area contributed by atoms with Crippen LogP contribution in [0.15, 0.2) is 0 Å². The van der Waals surface area contributed by atoms with Crippen molar-refractivity contribution in [3.8, 4) is 0 Å². The molecular formula is C14H27N3O. The molecule has 2 aliphatic rings. The van der Waals surface area contributed by atoms with Crippen molar-refractivity contribution in [3.05, 3.63) is 0 Å². The van der Waals surface area contributed by atoms with Crippen LogP contribution in [-0.4, -0.2) is 62.0 Å². The van der Waals surface area contributed by atoms with Crippen LogP contribution >= 0.6 is 0 Å². The quantitative estimate of drug-likeness (QED) is 0.813. The molecule has 2 aliphatic heterocycles. The molecule has 1 amide bonds. The van der Waals surface area contributed by atoms with Crippen LogP contribution in [0.4, 0.5) is 0 Å². The number of nitrogens with one attached hydrogen (secondary N) is 1. The molecule has 0 bridgehead atoms. The summed E-state index contributed by atoms with van der Waals surface area (Å²) in [6, 6.07) is 0.643. The molecule has 0 radical (unpaired) electrons. The first-order valence-corrected chi connectivity index (χ1v) is 7.33. The van der Waals surface area contributed by atoms with Crippen molar-refractivity contribution in [1.82, 2.24) is 15.1 Å². The number of carbonyl (C=O) groups excluding carboxylic acids is 1. The number of hydrogen-bond acceptors (Lipinski definition) is 3. The lowest BCUT2D eigenvalue weighted by Crippen LogP contribution is -2.50. The van der Waals surface area contributed by atoms with E-state index in [1.165, 1.54) is 32.1 Å². The van der Waals surface area contributed by atoms with Crippen molar-refractivity contribution in [2.24, 2.45) is 5.92 Å². The third-order valence-corrected chi connectivity index (χ3v) is 4.43. The van der Waals surface area contributed by atoms with Crippen LogP contribution in [-0.2, 0) is 4.79 Å². The van der Waals surface area contributed by atoms with Gasteiger partial charge in [-0.3, -0.25) is 9.69 Å². The van der Waals surface area contributed by atoms with Gasteiger partial charge in [0.2, 0.25) is 5.91 Å². The fourth-order valence-electron chi connectivity index (χ4n) is 3.29. The smallest absolute Gasteiger partial charge is 0.236 e. The van der Waals surface area contributed by atoms with E-state index in [0.29, 0.717) is 12.6 Å². The monoisotopic (exact) mass is 253 g/mol. The SMILES string of the molecule is CN(C)C(=O)CN1CCCC[C@@H]1C1CCNCC1. The fraction of sp³-hybridized carbons (Fsp3) is 0.929. The van der Waals surface area contributed by atoms with Crippen molar-refractivity contribution >= 4 is 5.91 Å². The Kier molecular flexibility index (Phi) is 5.01. The lowest BCUT2D eigenvalue weighted by molar-refractivity contribution is -0.131. The topological polar surface area (TPSA) is 35.6 Å². The summed E-state index contributed by atoms with van der Waals surface area (Å²) in [5.41, 5.74) is 0. The van der Waals surface area contributed by atoms with Gasteiger partial charge in [-0.25, -0.2) is 0 Å². The molecule has 2 heterocycles. The van der Waals surface area contributed by atoms with Crippen LogP contribution in [0, 0.1) is 5.92 Å². The molecule has 4 nitrogen and oxygen atoms in total. The molecule has 0 aromatic carbocycles. The van der Waals surface area contributed by atoms with Gasteiger partial charge in [-0.2, -0.15) is 0 Å². The summed E-state index contributed by atoms with van der Waals surface area (Å²) in [6.07, 6.45) is 6.42. The third kappa shape index (κ3) is 3.45. The standard InChI is InChI=1S/C14H27N3O/c1-16(2)14(18)11-17-10-4-3-5-13(17)12-6-8-15-9-7-12/h12-13,15H,3-11H2,1-2H3/t13-/m1/s1. The summed E-state index contributed by atoms with van der Waals surface area (Å²) >= 11 is 0. The number of rotatable bonds is 3. The lowest BCUT2D eigenvalue weighted by Gasteiger charge is -2.42. The zero-order valence-corrected chi connectivity index (χ0v) is 11.8. The first-order valence-electron chi connectivity index (χ1n) is 7.33. The van der Waals surface area contributed by atoms with Crippen molar-refractivity contribution in [3.63, 3.8) is 0 Å². The number of likely N-dealkylation sites (N-methyl/N-ethyl adjacent to an activating group) is 1. The molecule has 0 aliphatic carbocycles. The highest BCUT2D eigenvalue weighted by atomic mass is 16.2. The largest absolute Gasteiger partial charge is 0.348 e. The summed E-state index contributed by atoms with van der Waals surface area (Å²) in [4.78, 5) is 16.1. The van der Waals surface area contributed by atoms with Gasteiger partial charge in [0.05, 0.1) is 6.54 Å². The van der Waals surface area contributed by atoms with Crippen LogP contribution in [0.5, 0.6) is 0 Å². The van der Waals surface area contributed by atoms with Crippen LogP contribution in [0.3, 0.4) is 0 Å². The second kappa shape index (κ2) is 6.53. The predicted octanol–water partition coefficient (Wildman–Crippen LogP) is 0.929. The molecule has 0 aromatic heterocycles. The fourth-order valence-corrected chi connectivity index (χ4v) is 3.29. The van der Waals surface area contributed by atoms with Gasteiger partial charge in [0.1, 0.15) is 0 Å². The Hall–Kier alpha value is -0.610. The van der Waals surface area contributed by atoms with Gasteiger partial charge in [-0.15, -0.1) is 0 Å². The van der Waals surface area contributed by atoms with Crippen LogP contribution in [0.1, 0.15) is 32.1 Å². The van der Waals surface area contributed by atoms with E-state index in [-0.39, 0.29) is 5.91 Å². The molecule has 2 fully saturated rings. The molecule has 0 unspecified atom stereocenters. The van der Waals surface area contributed by atoms with Crippen LogP contribution < -0.4 is 5.32 Å². The molecule has 1 N–H and O–H groups in total. The second-order valence-electron chi connectivity index (χ2n) is 5.91. The van der Waals surface area contributed by atoms with Gasteiger partial charge in [0.25, 0.3) is 0 Å². The van der Waals surface area contributed by atoms with Crippen LogP contribution in [0.2, 0.25) is 0 Å². The molecular weight excluding hydrogens is 226 g/mol. The average Bonchev–Trinajstić information content (AvgIpc) is 2.40. The van der Waals surface area contributed by atoms with Gasteiger partial charge in [0, 0.05) is 20.1 Å². The zero-order chi connectivity index (χ0) is 13.0. The number of likely N-dealkylation sites (tertiary alicyclic amines) is 1. The van der Waals surface area contributed by atoms with E-state index >= 15 is 0 Å². The van der Waals surface area contributed by atoms with E-state index in [4.69, 9.17) is 0 Å². The van der Waals surface area contributed by atoms with Crippen LogP contribution in [0.25, 0.3) is 0 Å². The summed E-state index contributed by atoms with van der Waals surface area (Å²) in [5.74, 6) is 1.04. The number of hydrogen-bond donors (Lipinski definition) is 1. The molecule has 18 heavy (non-hydrogen) atoms. The number of piperidine rings is 2. The molecule has 0 aromatic rings. The molecule has 0 spiro atoms. The van der Waals surface area contributed by atoms with Crippen molar-refractivity contribution < 1.29 is 4.79 Å². The van der Waals surface area contributed by atoms with Crippen molar-refractivity contribution in [2.45, 2.75) is 38.1 Å².